The number of ether oxygens (including phenoxy) is 1. The normalized spacial score (nSPS) is 11.9. The summed E-state index contributed by atoms with van der Waals surface area (Å²) < 4.78 is 4.75. The van der Waals surface area contributed by atoms with E-state index >= 15 is 0 Å². The van der Waals surface area contributed by atoms with Crippen molar-refractivity contribution in [1.82, 2.24) is 5.32 Å². The molecular formula is C10H19NO5. The Morgan fingerprint density at radius 1 is 1.31 bits per heavy atom. The highest BCUT2D eigenvalue weighted by molar-refractivity contribution is 5.79. The number of unbranched alkanes of at least 4 members (excludes halogenated alkanes) is 3. The van der Waals surface area contributed by atoms with Gasteiger partial charge >= 0.3 is 12.1 Å². The number of alkyl carbamates (subject to hydrolysis) is 1. The van der Waals surface area contributed by atoms with Crippen LogP contribution in [0.1, 0.15) is 32.6 Å². The number of nitrogens with one attached hydrogen (secondary N) is 1. The number of aliphatic hydroxyl groups is 1. The molecule has 0 heterocycles. The summed E-state index contributed by atoms with van der Waals surface area (Å²) in [5.41, 5.74) is 0. The summed E-state index contributed by atoms with van der Waals surface area (Å²) in [5.74, 6) is -1.29. The van der Waals surface area contributed by atoms with Crippen LogP contribution in [0.15, 0.2) is 0 Å². The number of aliphatic carboxylic acids is 1. The molecule has 0 saturated carbocycles. The van der Waals surface area contributed by atoms with Gasteiger partial charge in [0, 0.05) is 0 Å². The molecule has 0 spiro atoms. The van der Waals surface area contributed by atoms with Gasteiger partial charge in [-0.3, -0.25) is 0 Å². The Kier molecular flexibility index (Phi) is 8.24. The molecule has 0 aliphatic rings. The summed E-state index contributed by atoms with van der Waals surface area (Å²) in [6, 6.07) is -1.30. The molecule has 0 fully saturated rings. The minimum Gasteiger partial charge on any atom is -0.480 e. The van der Waals surface area contributed by atoms with Crippen LogP contribution in [0.4, 0.5) is 4.79 Å². The summed E-state index contributed by atoms with van der Waals surface area (Å²) in [4.78, 5) is 21.5. The van der Waals surface area contributed by atoms with Gasteiger partial charge in [0.15, 0.2) is 6.04 Å². The molecule has 6 heteroatoms. The fourth-order valence-corrected chi connectivity index (χ4v) is 1.06. The number of rotatable bonds is 8. The lowest BCUT2D eigenvalue weighted by molar-refractivity contribution is -0.140. The number of carboxylic acid groups (broad SMARTS) is 1. The van der Waals surface area contributed by atoms with Crippen molar-refractivity contribution in [2.45, 2.75) is 38.6 Å². The summed E-state index contributed by atoms with van der Waals surface area (Å²) in [6.45, 7) is 1.69. The van der Waals surface area contributed by atoms with Crippen LogP contribution in [0, 0.1) is 0 Å². The lowest BCUT2D eigenvalue weighted by Gasteiger charge is -2.11. The van der Waals surface area contributed by atoms with E-state index in [4.69, 9.17) is 14.9 Å². The molecule has 0 aromatic rings. The first-order valence-electron chi connectivity index (χ1n) is 5.38. The van der Waals surface area contributed by atoms with Gasteiger partial charge in [-0.15, -0.1) is 0 Å². The minimum atomic E-state index is -1.30. The molecule has 16 heavy (non-hydrogen) atoms. The predicted octanol–water partition coefficient (Wildman–Crippen LogP) is 0.738. The molecule has 1 unspecified atom stereocenters. The number of carboxylic acids is 1. The first-order chi connectivity index (χ1) is 7.61. The minimum absolute atomic E-state index is 0.267. The zero-order chi connectivity index (χ0) is 12.4. The van der Waals surface area contributed by atoms with Crippen molar-refractivity contribution >= 4 is 12.1 Å². The van der Waals surface area contributed by atoms with Crippen molar-refractivity contribution in [3.05, 3.63) is 0 Å². The van der Waals surface area contributed by atoms with E-state index < -0.39 is 24.7 Å². The molecule has 0 aromatic carbocycles. The van der Waals surface area contributed by atoms with Gasteiger partial charge in [0.1, 0.15) is 0 Å². The Balaban J connectivity index is 3.61. The second-order valence-corrected chi connectivity index (χ2v) is 3.41. The van der Waals surface area contributed by atoms with Gasteiger partial charge < -0.3 is 20.3 Å². The molecule has 0 radical (unpaired) electrons. The lowest BCUT2D eigenvalue weighted by Crippen LogP contribution is -2.43. The quantitative estimate of drug-likeness (QED) is 0.537. The second-order valence-electron chi connectivity index (χ2n) is 3.41. The average molecular weight is 233 g/mol. The van der Waals surface area contributed by atoms with E-state index in [0.717, 1.165) is 25.7 Å². The van der Waals surface area contributed by atoms with Crippen LogP contribution in [0.2, 0.25) is 0 Å². The largest absolute Gasteiger partial charge is 0.480 e. The molecule has 3 N–H and O–H groups in total. The van der Waals surface area contributed by atoms with Gasteiger partial charge in [-0.1, -0.05) is 26.2 Å². The van der Waals surface area contributed by atoms with E-state index in [1.54, 1.807) is 0 Å². The monoisotopic (exact) mass is 233 g/mol. The van der Waals surface area contributed by atoms with Crippen LogP contribution < -0.4 is 5.32 Å². The van der Waals surface area contributed by atoms with Gasteiger partial charge in [-0.25, -0.2) is 9.59 Å². The van der Waals surface area contributed by atoms with Crippen molar-refractivity contribution in [2.24, 2.45) is 0 Å². The standard InChI is InChI=1S/C10H19NO5/c1-2-3-4-5-6-16-10(15)11-8(7-12)9(13)14/h8,12H,2-7H2,1H3,(H,11,15)(H,13,14). The molecule has 94 valence electrons. The van der Waals surface area contributed by atoms with Crippen molar-refractivity contribution in [3.63, 3.8) is 0 Å². The zero-order valence-corrected chi connectivity index (χ0v) is 9.44. The Bertz CT molecular complexity index is 219. The molecule has 6 nitrogen and oxygen atoms in total. The van der Waals surface area contributed by atoms with Crippen molar-refractivity contribution in [2.75, 3.05) is 13.2 Å². The molecule has 0 saturated heterocycles. The van der Waals surface area contributed by atoms with Crippen LogP contribution in [0.25, 0.3) is 0 Å². The van der Waals surface area contributed by atoms with E-state index in [1.165, 1.54) is 0 Å². The maximum absolute atomic E-state index is 11.0. The van der Waals surface area contributed by atoms with Crippen LogP contribution in [0.3, 0.4) is 0 Å². The van der Waals surface area contributed by atoms with E-state index in [-0.39, 0.29) is 6.61 Å². The third-order valence-electron chi connectivity index (χ3n) is 2.00. The van der Waals surface area contributed by atoms with Crippen LogP contribution in [-0.4, -0.2) is 41.5 Å². The van der Waals surface area contributed by atoms with Crippen molar-refractivity contribution in [1.29, 1.82) is 0 Å². The Morgan fingerprint density at radius 2 is 2.00 bits per heavy atom. The number of hydrogen-bond acceptors (Lipinski definition) is 4. The number of carbonyl (C=O) groups excluding carboxylic acids is 1. The third-order valence-corrected chi connectivity index (χ3v) is 2.00. The van der Waals surface area contributed by atoms with E-state index in [1.807, 2.05) is 5.32 Å². The molecule has 0 bridgehead atoms. The first kappa shape index (κ1) is 14.7. The molecule has 1 atom stereocenters. The number of carbonyl (C=O) groups is 2. The zero-order valence-electron chi connectivity index (χ0n) is 9.44. The molecule has 0 aliphatic heterocycles. The number of amides is 1. The maximum atomic E-state index is 11.0. The van der Waals surface area contributed by atoms with E-state index in [0.29, 0.717) is 0 Å². The highest BCUT2D eigenvalue weighted by Crippen LogP contribution is 1.99. The van der Waals surface area contributed by atoms with Crippen LogP contribution in [0.5, 0.6) is 0 Å². The van der Waals surface area contributed by atoms with Gasteiger partial charge in [-0.05, 0) is 6.42 Å². The smallest absolute Gasteiger partial charge is 0.407 e. The molecule has 0 rings (SSSR count). The highest BCUT2D eigenvalue weighted by atomic mass is 16.5. The van der Waals surface area contributed by atoms with Crippen LogP contribution >= 0.6 is 0 Å². The fraction of sp³-hybridized carbons (Fsp3) is 0.800. The highest BCUT2D eigenvalue weighted by Gasteiger charge is 2.18. The summed E-state index contributed by atoms with van der Waals surface area (Å²) in [7, 11) is 0. The maximum Gasteiger partial charge on any atom is 0.407 e. The molecule has 0 aliphatic carbocycles. The third kappa shape index (κ3) is 7.05. The Hall–Kier alpha value is -1.30. The molecule has 1 amide bonds. The van der Waals surface area contributed by atoms with Gasteiger partial charge in [0.2, 0.25) is 0 Å². The lowest BCUT2D eigenvalue weighted by atomic mass is 10.2. The van der Waals surface area contributed by atoms with E-state index in [9.17, 15) is 9.59 Å². The second kappa shape index (κ2) is 8.96. The predicted molar refractivity (Wildman–Crippen MR) is 57.1 cm³/mol. The summed E-state index contributed by atoms with van der Waals surface area (Å²) in [5, 5.41) is 19.2. The SMILES string of the molecule is CCCCCCOC(=O)NC(CO)C(=O)O. The molecule has 0 aromatic heterocycles. The Morgan fingerprint density at radius 3 is 2.50 bits per heavy atom. The molecular weight excluding hydrogens is 214 g/mol. The average Bonchev–Trinajstić information content (AvgIpc) is 2.25. The number of hydrogen-bond donors (Lipinski definition) is 3. The Labute approximate surface area is 94.6 Å². The number of aliphatic hydroxyl groups excluding tert-OH is 1. The van der Waals surface area contributed by atoms with Gasteiger partial charge in [-0.2, -0.15) is 0 Å². The van der Waals surface area contributed by atoms with Gasteiger partial charge in [0.25, 0.3) is 0 Å². The van der Waals surface area contributed by atoms with Gasteiger partial charge in [0.05, 0.1) is 13.2 Å². The topological polar surface area (TPSA) is 95.9 Å². The first-order valence-corrected chi connectivity index (χ1v) is 5.38. The fourth-order valence-electron chi connectivity index (χ4n) is 1.06. The van der Waals surface area contributed by atoms with E-state index in [2.05, 4.69) is 6.92 Å². The van der Waals surface area contributed by atoms with Crippen LogP contribution in [-0.2, 0) is 9.53 Å². The van der Waals surface area contributed by atoms with Crippen molar-refractivity contribution < 1.29 is 24.5 Å². The van der Waals surface area contributed by atoms with Crippen molar-refractivity contribution in [3.8, 4) is 0 Å². The summed E-state index contributed by atoms with van der Waals surface area (Å²) in [6.07, 6.45) is 3.11. The summed E-state index contributed by atoms with van der Waals surface area (Å²) >= 11 is 0.